The second-order valence-corrected chi connectivity index (χ2v) is 9.92. The first-order chi connectivity index (χ1) is 13.8. The highest BCUT2D eigenvalue weighted by Gasteiger charge is 2.32. The lowest BCUT2D eigenvalue weighted by atomic mass is 10.2. The molecule has 0 saturated carbocycles. The maximum Gasteiger partial charge on any atom is 0.265 e. The van der Waals surface area contributed by atoms with Crippen LogP contribution in [0, 0.1) is 0 Å². The van der Waals surface area contributed by atoms with E-state index in [1.807, 2.05) is 17.5 Å². The summed E-state index contributed by atoms with van der Waals surface area (Å²) in [6, 6.07) is 8.28. The number of benzene rings is 1. The number of rotatable bonds is 4. The molecule has 4 rings (SSSR count). The monoisotopic (exact) mass is 435 g/mol. The second kappa shape index (κ2) is 7.77. The van der Waals surface area contributed by atoms with Gasteiger partial charge in [0.05, 0.1) is 17.0 Å². The van der Waals surface area contributed by atoms with Gasteiger partial charge in [-0.3, -0.25) is 9.59 Å². The molecule has 0 radical (unpaired) electrons. The molecule has 8 nitrogen and oxygen atoms in total. The number of carbonyl (C=O) groups is 2. The largest absolute Gasteiger partial charge is 0.479 e. The second-order valence-electron chi connectivity index (χ2n) is 6.95. The van der Waals surface area contributed by atoms with Crippen LogP contribution in [0.1, 0.15) is 11.8 Å². The van der Waals surface area contributed by atoms with Crippen molar-refractivity contribution in [1.82, 2.24) is 9.21 Å². The van der Waals surface area contributed by atoms with E-state index in [4.69, 9.17) is 4.74 Å². The zero-order valence-electron chi connectivity index (χ0n) is 15.8. The van der Waals surface area contributed by atoms with Crippen molar-refractivity contribution in [2.45, 2.75) is 24.3 Å². The topological polar surface area (TPSA) is 96.0 Å². The Balaban J connectivity index is 1.43. The summed E-state index contributed by atoms with van der Waals surface area (Å²) < 4.78 is 32.9. The zero-order chi connectivity index (χ0) is 20.6. The third kappa shape index (κ3) is 4.00. The molecule has 2 aliphatic heterocycles. The molecule has 1 fully saturated rings. The van der Waals surface area contributed by atoms with Crippen LogP contribution in [-0.4, -0.2) is 61.7 Å². The Morgan fingerprint density at radius 2 is 2.00 bits per heavy atom. The van der Waals surface area contributed by atoms with Crippen molar-refractivity contribution < 1.29 is 22.7 Å². The van der Waals surface area contributed by atoms with Crippen LogP contribution in [0.25, 0.3) is 0 Å². The van der Waals surface area contributed by atoms with E-state index in [1.165, 1.54) is 27.8 Å². The number of hydrogen-bond donors (Lipinski definition) is 1. The molecule has 3 heterocycles. The van der Waals surface area contributed by atoms with Gasteiger partial charge in [0, 0.05) is 31.1 Å². The number of sulfonamides is 1. The van der Waals surface area contributed by atoms with Crippen LogP contribution in [0.5, 0.6) is 5.75 Å². The van der Waals surface area contributed by atoms with Gasteiger partial charge in [-0.1, -0.05) is 6.07 Å². The number of nitrogens with zero attached hydrogens (tertiary/aromatic N) is 2. The number of ether oxygens (including phenoxy) is 1. The average Bonchev–Trinajstić information content (AvgIpc) is 3.21. The first-order valence-corrected chi connectivity index (χ1v) is 11.6. The summed E-state index contributed by atoms with van der Waals surface area (Å²) >= 11 is 1.53. The molecule has 0 bridgehead atoms. The molecule has 10 heteroatoms. The highest BCUT2D eigenvalue weighted by Crippen LogP contribution is 2.33. The lowest BCUT2D eigenvalue weighted by Gasteiger charge is -2.34. The standard InChI is InChI=1S/C19H21N3O5S2/c1-13-19(24)20-16-12-15(4-5-17(16)27-13)29(25,26)22-8-6-21(7-9-22)18(23)11-14-3-2-10-28-14/h2-5,10,12-13H,6-9,11H2,1H3,(H,20,24). The number of carbonyl (C=O) groups excluding carboxylic acids is 2. The number of fused-ring (bicyclic) bond motifs is 1. The third-order valence-corrected chi connectivity index (χ3v) is 7.79. The van der Waals surface area contributed by atoms with Crippen LogP contribution < -0.4 is 10.1 Å². The molecule has 2 aliphatic rings. The van der Waals surface area contributed by atoms with Gasteiger partial charge < -0.3 is 15.0 Å². The van der Waals surface area contributed by atoms with Gasteiger partial charge >= 0.3 is 0 Å². The van der Waals surface area contributed by atoms with Crippen molar-refractivity contribution >= 4 is 38.9 Å². The van der Waals surface area contributed by atoms with Gasteiger partial charge in [-0.05, 0) is 36.6 Å². The summed E-state index contributed by atoms with van der Waals surface area (Å²) in [5.74, 6) is 0.136. The molecule has 0 aliphatic carbocycles. The van der Waals surface area contributed by atoms with E-state index in [0.717, 1.165) is 4.88 Å². The fraction of sp³-hybridized carbons (Fsp3) is 0.368. The quantitative estimate of drug-likeness (QED) is 0.786. The Bertz CT molecular complexity index is 1030. The lowest BCUT2D eigenvalue weighted by Crippen LogP contribution is -2.50. The third-order valence-electron chi connectivity index (χ3n) is 5.02. The van der Waals surface area contributed by atoms with E-state index in [1.54, 1.807) is 17.9 Å². The van der Waals surface area contributed by atoms with Crippen LogP contribution in [0.4, 0.5) is 5.69 Å². The Kier molecular flexibility index (Phi) is 5.32. The smallest absolute Gasteiger partial charge is 0.265 e. The molecule has 1 aromatic carbocycles. The lowest BCUT2D eigenvalue weighted by molar-refractivity contribution is -0.131. The fourth-order valence-electron chi connectivity index (χ4n) is 3.35. The SMILES string of the molecule is CC1Oc2ccc(S(=O)(=O)N3CCN(C(=O)Cc4cccs4)CC3)cc2NC1=O. The first-order valence-electron chi connectivity index (χ1n) is 9.26. The zero-order valence-corrected chi connectivity index (χ0v) is 17.5. The molecule has 2 aromatic rings. The predicted octanol–water partition coefficient (Wildman–Crippen LogP) is 1.54. The number of amides is 2. The molecule has 2 amide bonds. The number of piperazine rings is 1. The summed E-state index contributed by atoms with van der Waals surface area (Å²) in [7, 11) is -3.74. The Morgan fingerprint density at radius 1 is 1.24 bits per heavy atom. The number of anilines is 1. The van der Waals surface area contributed by atoms with Crippen LogP contribution in [0.15, 0.2) is 40.6 Å². The molecule has 29 heavy (non-hydrogen) atoms. The van der Waals surface area contributed by atoms with Crippen molar-refractivity contribution in [2.75, 3.05) is 31.5 Å². The van der Waals surface area contributed by atoms with Crippen molar-refractivity contribution in [3.63, 3.8) is 0 Å². The average molecular weight is 436 g/mol. The van der Waals surface area contributed by atoms with Gasteiger partial charge in [0.15, 0.2) is 6.10 Å². The van der Waals surface area contributed by atoms with Gasteiger partial charge in [-0.15, -0.1) is 11.3 Å². The number of nitrogens with one attached hydrogen (secondary N) is 1. The van der Waals surface area contributed by atoms with E-state index in [-0.39, 0.29) is 29.8 Å². The van der Waals surface area contributed by atoms with Gasteiger partial charge in [-0.2, -0.15) is 4.31 Å². The number of hydrogen-bond acceptors (Lipinski definition) is 6. The van der Waals surface area contributed by atoms with E-state index in [9.17, 15) is 18.0 Å². The van der Waals surface area contributed by atoms with Crippen LogP contribution in [0.2, 0.25) is 0 Å². The Labute approximate surface area is 173 Å². The molecule has 1 unspecified atom stereocenters. The van der Waals surface area contributed by atoms with Gasteiger partial charge in [0.25, 0.3) is 5.91 Å². The van der Waals surface area contributed by atoms with Crippen LogP contribution in [0.3, 0.4) is 0 Å². The predicted molar refractivity (Wildman–Crippen MR) is 109 cm³/mol. The maximum absolute atomic E-state index is 13.0. The summed E-state index contributed by atoms with van der Waals surface area (Å²) in [6.45, 7) is 2.80. The molecular formula is C19H21N3O5S2. The van der Waals surface area contributed by atoms with Gasteiger partial charge in [0.1, 0.15) is 5.75 Å². The van der Waals surface area contributed by atoms with Gasteiger partial charge in [-0.25, -0.2) is 8.42 Å². The number of thiophene rings is 1. The molecule has 1 saturated heterocycles. The maximum atomic E-state index is 13.0. The molecule has 1 atom stereocenters. The Hall–Kier alpha value is -2.43. The normalized spacial score (nSPS) is 20.0. The summed E-state index contributed by atoms with van der Waals surface area (Å²) in [5.41, 5.74) is 0.346. The van der Waals surface area contributed by atoms with Crippen LogP contribution >= 0.6 is 11.3 Å². The van der Waals surface area contributed by atoms with E-state index >= 15 is 0 Å². The minimum atomic E-state index is -3.74. The minimum absolute atomic E-state index is 0.00672. The van der Waals surface area contributed by atoms with Crippen molar-refractivity contribution in [3.8, 4) is 5.75 Å². The Morgan fingerprint density at radius 3 is 2.69 bits per heavy atom. The van der Waals surface area contributed by atoms with E-state index in [0.29, 0.717) is 30.9 Å². The fourth-order valence-corrected chi connectivity index (χ4v) is 5.49. The minimum Gasteiger partial charge on any atom is -0.479 e. The van der Waals surface area contributed by atoms with Crippen molar-refractivity contribution in [3.05, 3.63) is 40.6 Å². The highest BCUT2D eigenvalue weighted by atomic mass is 32.2. The molecular weight excluding hydrogens is 414 g/mol. The van der Waals surface area contributed by atoms with Crippen molar-refractivity contribution in [1.29, 1.82) is 0 Å². The van der Waals surface area contributed by atoms with E-state index in [2.05, 4.69) is 5.32 Å². The first kappa shape index (κ1) is 19.9. The summed E-state index contributed by atoms with van der Waals surface area (Å²) in [5, 5.41) is 4.60. The van der Waals surface area contributed by atoms with E-state index < -0.39 is 16.1 Å². The highest BCUT2D eigenvalue weighted by molar-refractivity contribution is 7.89. The molecule has 1 aromatic heterocycles. The van der Waals surface area contributed by atoms with Crippen molar-refractivity contribution in [2.24, 2.45) is 0 Å². The van der Waals surface area contributed by atoms with Gasteiger partial charge in [0.2, 0.25) is 15.9 Å². The molecule has 154 valence electrons. The molecule has 0 spiro atoms. The van der Waals surface area contributed by atoms with Crippen LogP contribution in [-0.2, 0) is 26.0 Å². The summed E-state index contributed by atoms with van der Waals surface area (Å²) in [6.07, 6.45) is -0.280. The molecule has 1 N–H and O–H groups in total. The summed E-state index contributed by atoms with van der Waals surface area (Å²) in [4.78, 5) is 27.0.